The van der Waals surface area contributed by atoms with Crippen LogP contribution in [0.5, 0.6) is 5.75 Å². The molecule has 2 aromatic carbocycles. The molecule has 0 unspecified atom stereocenters. The van der Waals surface area contributed by atoms with Crippen LogP contribution in [0.3, 0.4) is 0 Å². The summed E-state index contributed by atoms with van der Waals surface area (Å²) in [5.74, 6) is 1.36. The summed E-state index contributed by atoms with van der Waals surface area (Å²) < 4.78 is 33.2. The zero-order valence-electron chi connectivity index (χ0n) is 12.9. The van der Waals surface area contributed by atoms with Gasteiger partial charge in [-0.25, -0.2) is 8.78 Å². The Morgan fingerprint density at radius 1 is 0.958 bits per heavy atom. The molecule has 0 radical (unpaired) electrons. The van der Waals surface area contributed by atoms with E-state index < -0.39 is 0 Å². The Bertz CT molecular complexity index is 737. The summed E-state index contributed by atoms with van der Waals surface area (Å²) in [4.78, 5) is 0. The molecule has 0 aliphatic rings. The van der Waals surface area contributed by atoms with E-state index in [0.717, 1.165) is 10.7 Å². The van der Waals surface area contributed by atoms with Gasteiger partial charge in [-0.1, -0.05) is 23.9 Å². The fraction of sp³-hybridized carbons (Fsp3) is 0.176. The van der Waals surface area contributed by atoms with Gasteiger partial charge in [-0.3, -0.25) is 0 Å². The molecule has 0 amide bonds. The zero-order chi connectivity index (χ0) is 16.9. The van der Waals surface area contributed by atoms with Gasteiger partial charge in [0, 0.05) is 12.8 Å². The Balaban J connectivity index is 1.58. The van der Waals surface area contributed by atoms with E-state index in [4.69, 9.17) is 4.74 Å². The minimum atomic E-state index is -0.305. The van der Waals surface area contributed by atoms with Gasteiger partial charge in [0.05, 0.1) is 0 Å². The lowest BCUT2D eigenvalue weighted by Crippen LogP contribution is -2.04. The number of aromatic nitrogens is 3. The van der Waals surface area contributed by atoms with Crippen molar-refractivity contribution in [3.8, 4) is 5.75 Å². The van der Waals surface area contributed by atoms with Crippen molar-refractivity contribution < 1.29 is 13.5 Å². The van der Waals surface area contributed by atoms with Gasteiger partial charge in [0.15, 0.2) is 11.0 Å². The van der Waals surface area contributed by atoms with Crippen molar-refractivity contribution in [2.75, 3.05) is 0 Å². The van der Waals surface area contributed by atoms with Gasteiger partial charge in [0.2, 0.25) is 0 Å². The number of ether oxygens (including phenoxy) is 1. The highest BCUT2D eigenvalue weighted by molar-refractivity contribution is 7.98. The molecule has 0 spiro atoms. The number of benzene rings is 2. The average Bonchev–Trinajstić information content (AvgIpc) is 2.94. The second-order valence-corrected chi connectivity index (χ2v) is 6.06. The minimum Gasteiger partial charge on any atom is -0.486 e. The Morgan fingerprint density at radius 2 is 1.58 bits per heavy atom. The molecular formula is C17H15F2N3OS. The van der Waals surface area contributed by atoms with Crippen LogP contribution < -0.4 is 4.74 Å². The number of rotatable bonds is 6. The third-order valence-corrected chi connectivity index (χ3v) is 4.48. The van der Waals surface area contributed by atoms with Crippen LogP contribution in [0.1, 0.15) is 11.4 Å². The maximum absolute atomic E-state index is 12.9. The van der Waals surface area contributed by atoms with E-state index in [0.29, 0.717) is 17.3 Å². The number of hydrogen-bond donors (Lipinski definition) is 0. The van der Waals surface area contributed by atoms with Crippen LogP contribution in [-0.2, 0) is 19.4 Å². The monoisotopic (exact) mass is 347 g/mol. The van der Waals surface area contributed by atoms with Gasteiger partial charge in [0.1, 0.15) is 24.0 Å². The second kappa shape index (κ2) is 7.44. The number of halogens is 2. The zero-order valence-corrected chi connectivity index (χ0v) is 13.8. The standard InChI is InChI=1S/C17H15F2N3OS/c1-22-16(10-23-15-8-6-14(19)7-9-15)20-21-17(22)24-11-12-2-4-13(18)5-3-12/h2-9H,10-11H2,1H3. The van der Waals surface area contributed by atoms with Gasteiger partial charge < -0.3 is 9.30 Å². The van der Waals surface area contributed by atoms with Crippen LogP contribution in [0.25, 0.3) is 0 Å². The molecule has 1 heterocycles. The Morgan fingerprint density at radius 3 is 2.25 bits per heavy atom. The van der Waals surface area contributed by atoms with E-state index in [1.54, 1.807) is 24.3 Å². The van der Waals surface area contributed by atoms with Gasteiger partial charge in [-0.15, -0.1) is 10.2 Å². The minimum absolute atomic E-state index is 0.242. The number of thioether (sulfide) groups is 1. The molecule has 0 fully saturated rings. The van der Waals surface area contributed by atoms with Crippen LogP contribution in [0.15, 0.2) is 53.7 Å². The summed E-state index contributed by atoms with van der Waals surface area (Å²) in [5.41, 5.74) is 1.01. The van der Waals surface area contributed by atoms with Crippen molar-refractivity contribution in [1.82, 2.24) is 14.8 Å². The van der Waals surface area contributed by atoms with Gasteiger partial charge in [-0.05, 0) is 42.0 Å². The molecule has 0 saturated carbocycles. The third kappa shape index (κ3) is 4.11. The van der Waals surface area contributed by atoms with Crippen molar-refractivity contribution in [3.05, 3.63) is 71.6 Å². The van der Waals surface area contributed by atoms with E-state index >= 15 is 0 Å². The van der Waals surface area contributed by atoms with E-state index in [2.05, 4.69) is 10.2 Å². The van der Waals surface area contributed by atoms with Crippen molar-refractivity contribution in [2.45, 2.75) is 17.5 Å². The summed E-state index contributed by atoms with van der Waals surface area (Å²) in [6.07, 6.45) is 0. The van der Waals surface area contributed by atoms with Crippen LogP contribution >= 0.6 is 11.8 Å². The molecule has 3 rings (SSSR count). The Hall–Kier alpha value is -2.41. The summed E-state index contributed by atoms with van der Waals surface area (Å²) >= 11 is 1.51. The summed E-state index contributed by atoms with van der Waals surface area (Å²) in [7, 11) is 1.86. The number of hydrogen-bond acceptors (Lipinski definition) is 4. The molecule has 0 aliphatic carbocycles. The highest BCUT2D eigenvalue weighted by Crippen LogP contribution is 2.22. The quantitative estimate of drug-likeness (QED) is 0.633. The van der Waals surface area contributed by atoms with E-state index in [9.17, 15) is 8.78 Å². The molecule has 124 valence electrons. The summed E-state index contributed by atoms with van der Waals surface area (Å²) in [5, 5.41) is 8.99. The first-order valence-electron chi connectivity index (χ1n) is 7.26. The molecule has 0 saturated heterocycles. The fourth-order valence-corrected chi connectivity index (χ4v) is 2.89. The molecule has 0 N–H and O–H groups in total. The van der Waals surface area contributed by atoms with E-state index in [1.165, 1.54) is 36.0 Å². The summed E-state index contributed by atoms with van der Waals surface area (Å²) in [6, 6.07) is 12.2. The smallest absolute Gasteiger partial charge is 0.191 e. The highest BCUT2D eigenvalue weighted by atomic mass is 32.2. The van der Waals surface area contributed by atoms with E-state index in [-0.39, 0.29) is 18.2 Å². The van der Waals surface area contributed by atoms with Crippen molar-refractivity contribution in [1.29, 1.82) is 0 Å². The van der Waals surface area contributed by atoms with Crippen molar-refractivity contribution >= 4 is 11.8 Å². The average molecular weight is 347 g/mol. The molecule has 1 aromatic heterocycles. The first-order valence-corrected chi connectivity index (χ1v) is 8.24. The first-order chi connectivity index (χ1) is 11.6. The van der Waals surface area contributed by atoms with Crippen molar-refractivity contribution in [2.24, 2.45) is 7.05 Å². The Kier molecular flexibility index (Phi) is 5.10. The van der Waals surface area contributed by atoms with Crippen LogP contribution in [0.4, 0.5) is 8.78 Å². The molecule has 7 heteroatoms. The topological polar surface area (TPSA) is 39.9 Å². The highest BCUT2D eigenvalue weighted by Gasteiger charge is 2.10. The molecule has 4 nitrogen and oxygen atoms in total. The van der Waals surface area contributed by atoms with E-state index in [1.807, 2.05) is 11.6 Å². The second-order valence-electron chi connectivity index (χ2n) is 5.12. The van der Waals surface area contributed by atoms with Gasteiger partial charge >= 0.3 is 0 Å². The maximum Gasteiger partial charge on any atom is 0.191 e. The summed E-state index contributed by atoms with van der Waals surface area (Å²) in [6.45, 7) is 0.242. The fourth-order valence-electron chi connectivity index (χ4n) is 2.00. The number of nitrogens with zero attached hydrogens (tertiary/aromatic N) is 3. The van der Waals surface area contributed by atoms with Crippen LogP contribution in [0.2, 0.25) is 0 Å². The van der Waals surface area contributed by atoms with Crippen molar-refractivity contribution in [3.63, 3.8) is 0 Å². The predicted molar refractivity (Wildman–Crippen MR) is 87.7 cm³/mol. The largest absolute Gasteiger partial charge is 0.486 e. The SMILES string of the molecule is Cn1c(COc2ccc(F)cc2)nnc1SCc1ccc(F)cc1. The molecule has 0 atom stereocenters. The molecule has 3 aromatic rings. The lowest BCUT2D eigenvalue weighted by Gasteiger charge is -2.06. The first kappa shape index (κ1) is 16.4. The lowest BCUT2D eigenvalue weighted by atomic mass is 10.2. The maximum atomic E-state index is 12.9. The van der Waals surface area contributed by atoms with Gasteiger partial charge in [-0.2, -0.15) is 0 Å². The normalized spacial score (nSPS) is 10.8. The molecule has 24 heavy (non-hydrogen) atoms. The molecular weight excluding hydrogens is 332 g/mol. The molecule has 0 bridgehead atoms. The van der Waals surface area contributed by atoms with Crippen LogP contribution in [0, 0.1) is 11.6 Å². The van der Waals surface area contributed by atoms with Crippen LogP contribution in [-0.4, -0.2) is 14.8 Å². The van der Waals surface area contributed by atoms with Gasteiger partial charge in [0.25, 0.3) is 0 Å². The molecule has 0 aliphatic heterocycles. The predicted octanol–water partition coefficient (Wildman–Crippen LogP) is 3.96. The Labute approximate surface area is 142 Å². The third-order valence-electron chi connectivity index (χ3n) is 3.39. The lowest BCUT2D eigenvalue weighted by molar-refractivity contribution is 0.290.